The van der Waals surface area contributed by atoms with Crippen molar-refractivity contribution in [3.63, 3.8) is 0 Å². The summed E-state index contributed by atoms with van der Waals surface area (Å²) in [6.45, 7) is 0.997. The molecule has 1 fully saturated rings. The van der Waals surface area contributed by atoms with Gasteiger partial charge in [0.05, 0.1) is 11.5 Å². The Morgan fingerprint density at radius 2 is 2.11 bits per heavy atom. The van der Waals surface area contributed by atoms with Crippen LogP contribution in [-0.4, -0.2) is 34.7 Å². The summed E-state index contributed by atoms with van der Waals surface area (Å²) in [7, 11) is -2.81. The minimum atomic E-state index is -2.81. The Balaban J connectivity index is 1.74. The zero-order valence-electron chi connectivity index (χ0n) is 10.5. The third-order valence-corrected chi connectivity index (χ3v) is 5.85. The fourth-order valence-corrected chi connectivity index (χ4v) is 4.83. The lowest BCUT2D eigenvalue weighted by molar-refractivity contribution is 0.450. The molecule has 100 valence electrons. The van der Waals surface area contributed by atoms with Crippen molar-refractivity contribution >= 4 is 9.84 Å². The maximum Gasteiger partial charge on any atom is 0.150 e. The number of nitrogens with zero attached hydrogens (tertiary/aromatic N) is 3. The number of aryl methyl sites for hydroxylation is 1. The molecule has 0 spiro atoms. The summed E-state index contributed by atoms with van der Waals surface area (Å²) < 4.78 is 25.5. The smallest absolute Gasteiger partial charge is 0.150 e. The van der Waals surface area contributed by atoms with E-state index in [1.165, 1.54) is 12.8 Å². The molecule has 0 aromatic carbocycles. The van der Waals surface area contributed by atoms with Crippen molar-refractivity contribution in [3.05, 3.63) is 11.6 Å². The third-order valence-electron chi connectivity index (χ3n) is 3.96. The lowest BCUT2D eigenvalue weighted by atomic mass is 10.0. The van der Waals surface area contributed by atoms with Gasteiger partial charge in [-0.3, -0.25) is 0 Å². The molecule has 2 aliphatic heterocycles. The van der Waals surface area contributed by atoms with Gasteiger partial charge in [-0.25, -0.2) is 8.42 Å². The molecule has 18 heavy (non-hydrogen) atoms. The average molecular weight is 269 g/mol. The van der Waals surface area contributed by atoms with Crippen LogP contribution in [0, 0.1) is 5.92 Å². The SMILES string of the molecule is O=S1(=O)CCCC(Cc2nnc3n2CCCC3)C1. The Morgan fingerprint density at radius 3 is 2.94 bits per heavy atom. The van der Waals surface area contributed by atoms with Crippen LogP contribution in [0.15, 0.2) is 0 Å². The maximum absolute atomic E-state index is 11.6. The summed E-state index contributed by atoms with van der Waals surface area (Å²) in [5.41, 5.74) is 0. The Kier molecular flexibility index (Phi) is 3.13. The number of sulfone groups is 1. The van der Waals surface area contributed by atoms with Gasteiger partial charge in [0.15, 0.2) is 9.84 Å². The fraction of sp³-hybridized carbons (Fsp3) is 0.833. The van der Waals surface area contributed by atoms with Gasteiger partial charge in [0.25, 0.3) is 0 Å². The van der Waals surface area contributed by atoms with Crippen molar-refractivity contribution in [3.8, 4) is 0 Å². The molecule has 1 aromatic rings. The van der Waals surface area contributed by atoms with E-state index < -0.39 is 9.84 Å². The average Bonchev–Trinajstić information content (AvgIpc) is 2.72. The predicted octanol–water partition coefficient (Wildman–Crippen LogP) is 0.982. The van der Waals surface area contributed by atoms with E-state index in [-0.39, 0.29) is 5.92 Å². The summed E-state index contributed by atoms with van der Waals surface area (Å²) in [4.78, 5) is 0. The van der Waals surface area contributed by atoms with Crippen LogP contribution in [0.2, 0.25) is 0 Å². The highest BCUT2D eigenvalue weighted by atomic mass is 32.2. The largest absolute Gasteiger partial charge is 0.315 e. The molecule has 1 aromatic heterocycles. The molecule has 0 aliphatic carbocycles. The Morgan fingerprint density at radius 1 is 1.22 bits per heavy atom. The predicted molar refractivity (Wildman–Crippen MR) is 68.0 cm³/mol. The minimum absolute atomic E-state index is 0.235. The number of hydrogen-bond donors (Lipinski definition) is 0. The van der Waals surface area contributed by atoms with Crippen LogP contribution in [0.5, 0.6) is 0 Å². The van der Waals surface area contributed by atoms with E-state index in [9.17, 15) is 8.42 Å². The van der Waals surface area contributed by atoms with Gasteiger partial charge in [-0.1, -0.05) is 0 Å². The summed E-state index contributed by atoms with van der Waals surface area (Å²) in [6.07, 6.45) is 5.95. The van der Waals surface area contributed by atoms with Crippen LogP contribution in [0.4, 0.5) is 0 Å². The molecular weight excluding hydrogens is 250 g/mol. The topological polar surface area (TPSA) is 64.8 Å². The highest BCUT2D eigenvalue weighted by molar-refractivity contribution is 7.91. The van der Waals surface area contributed by atoms with Gasteiger partial charge >= 0.3 is 0 Å². The standard InChI is InChI=1S/C12H19N3O2S/c16-18(17)7-3-4-10(9-18)8-12-14-13-11-5-1-2-6-15(11)12/h10H,1-9H2. The molecule has 1 unspecified atom stereocenters. The van der Waals surface area contributed by atoms with Gasteiger partial charge in [-0.2, -0.15) is 0 Å². The van der Waals surface area contributed by atoms with Gasteiger partial charge in [-0.05, 0) is 31.6 Å². The van der Waals surface area contributed by atoms with Crippen LogP contribution >= 0.6 is 0 Å². The highest BCUT2D eigenvalue weighted by Gasteiger charge is 2.27. The molecule has 3 rings (SSSR count). The minimum Gasteiger partial charge on any atom is -0.315 e. The van der Waals surface area contributed by atoms with Crippen LogP contribution in [-0.2, 0) is 29.2 Å². The summed E-state index contributed by atoms with van der Waals surface area (Å²) in [5, 5.41) is 8.48. The van der Waals surface area contributed by atoms with Crippen LogP contribution in [0.3, 0.4) is 0 Å². The first kappa shape index (κ1) is 12.1. The lowest BCUT2D eigenvalue weighted by Gasteiger charge is -2.22. The van der Waals surface area contributed by atoms with E-state index in [0.717, 1.165) is 43.9 Å². The quantitative estimate of drug-likeness (QED) is 0.803. The van der Waals surface area contributed by atoms with E-state index in [1.807, 2.05) is 0 Å². The van der Waals surface area contributed by atoms with Crippen molar-refractivity contribution in [2.24, 2.45) is 5.92 Å². The first-order valence-corrected chi connectivity index (χ1v) is 8.57. The van der Waals surface area contributed by atoms with Crippen molar-refractivity contribution < 1.29 is 8.42 Å². The van der Waals surface area contributed by atoms with Crippen molar-refractivity contribution in [2.45, 2.75) is 45.1 Å². The molecule has 2 aliphatic rings. The molecule has 5 nitrogen and oxygen atoms in total. The number of rotatable bonds is 2. The van der Waals surface area contributed by atoms with Gasteiger partial charge < -0.3 is 4.57 Å². The zero-order valence-corrected chi connectivity index (χ0v) is 11.3. The molecule has 0 N–H and O–H groups in total. The Bertz CT molecular complexity index is 536. The second kappa shape index (κ2) is 4.64. The monoisotopic (exact) mass is 269 g/mol. The second-order valence-corrected chi connectivity index (χ2v) is 7.70. The van der Waals surface area contributed by atoms with Crippen LogP contribution in [0.1, 0.15) is 37.3 Å². The molecule has 3 heterocycles. The zero-order chi connectivity index (χ0) is 12.6. The van der Waals surface area contributed by atoms with E-state index in [1.54, 1.807) is 0 Å². The molecule has 1 atom stereocenters. The molecule has 1 saturated heterocycles. The Labute approximate surface area is 108 Å². The first-order chi connectivity index (χ1) is 8.64. The summed E-state index contributed by atoms with van der Waals surface area (Å²) in [5.74, 6) is 3.00. The maximum atomic E-state index is 11.6. The van der Waals surface area contributed by atoms with Crippen molar-refractivity contribution in [1.82, 2.24) is 14.8 Å². The van der Waals surface area contributed by atoms with Crippen molar-refractivity contribution in [1.29, 1.82) is 0 Å². The van der Waals surface area contributed by atoms with Gasteiger partial charge in [-0.15, -0.1) is 10.2 Å². The van der Waals surface area contributed by atoms with Gasteiger partial charge in [0, 0.05) is 19.4 Å². The summed E-state index contributed by atoms with van der Waals surface area (Å²) >= 11 is 0. The van der Waals surface area contributed by atoms with E-state index in [4.69, 9.17) is 0 Å². The van der Waals surface area contributed by atoms with E-state index >= 15 is 0 Å². The van der Waals surface area contributed by atoms with E-state index in [2.05, 4.69) is 14.8 Å². The second-order valence-electron chi connectivity index (χ2n) is 5.47. The van der Waals surface area contributed by atoms with Crippen LogP contribution < -0.4 is 0 Å². The fourth-order valence-electron chi connectivity index (χ4n) is 3.06. The lowest BCUT2D eigenvalue weighted by Crippen LogP contribution is -2.27. The number of aromatic nitrogens is 3. The number of fused-ring (bicyclic) bond motifs is 1. The summed E-state index contributed by atoms with van der Waals surface area (Å²) in [6, 6.07) is 0. The van der Waals surface area contributed by atoms with Gasteiger partial charge in [0.1, 0.15) is 11.6 Å². The molecule has 0 radical (unpaired) electrons. The number of hydrogen-bond acceptors (Lipinski definition) is 4. The highest BCUT2D eigenvalue weighted by Crippen LogP contribution is 2.23. The van der Waals surface area contributed by atoms with Crippen LogP contribution in [0.25, 0.3) is 0 Å². The normalized spacial score (nSPS) is 26.8. The van der Waals surface area contributed by atoms with E-state index in [0.29, 0.717) is 11.5 Å². The van der Waals surface area contributed by atoms with Crippen molar-refractivity contribution in [2.75, 3.05) is 11.5 Å². The molecule has 0 amide bonds. The molecular formula is C12H19N3O2S. The Hall–Kier alpha value is -0.910. The molecule has 0 saturated carbocycles. The first-order valence-electron chi connectivity index (χ1n) is 6.75. The molecule has 0 bridgehead atoms. The molecule has 6 heteroatoms. The van der Waals surface area contributed by atoms with Gasteiger partial charge in [0.2, 0.25) is 0 Å². The third kappa shape index (κ3) is 2.43.